The first-order chi connectivity index (χ1) is 10.5. The monoisotopic (exact) mass is 364 g/mol. The lowest BCUT2D eigenvalue weighted by molar-refractivity contribution is 0.304. The maximum absolute atomic E-state index is 12.1. The molecule has 1 aliphatic heterocycles. The molecule has 1 N–H and O–H groups in total. The van der Waals surface area contributed by atoms with Gasteiger partial charge in [-0.3, -0.25) is 5.10 Å². The van der Waals surface area contributed by atoms with Crippen LogP contribution in [0.5, 0.6) is 0 Å². The summed E-state index contributed by atoms with van der Waals surface area (Å²) in [5, 5.41) is 7.25. The Labute approximate surface area is 141 Å². The predicted molar refractivity (Wildman–Crippen MR) is 93.4 cm³/mol. The summed E-state index contributed by atoms with van der Waals surface area (Å²) < 4.78 is 28.5. The molecule has 9 heteroatoms. The number of hydrogen-bond donors (Lipinski definition) is 1. The number of sulfonamides is 1. The van der Waals surface area contributed by atoms with Gasteiger partial charge in [0.15, 0.2) is 4.77 Å². The van der Waals surface area contributed by atoms with E-state index in [2.05, 4.69) is 16.5 Å². The highest BCUT2D eigenvalue weighted by atomic mass is 32.2. The quantitative estimate of drug-likeness (QED) is 0.593. The number of nitrogens with one attached hydrogen (secondary N) is 1. The van der Waals surface area contributed by atoms with Gasteiger partial charge in [-0.2, -0.15) is 16.9 Å². The molecule has 22 heavy (non-hydrogen) atoms. The minimum absolute atomic E-state index is 0.123. The molecule has 0 aromatic carbocycles. The molecule has 0 spiro atoms. The van der Waals surface area contributed by atoms with Gasteiger partial charge in [-0.1, -0.05) is 0 Å². The van der Waals surface area contributed by atoms with Gasteiger partial charge >= 0.3 is 0 Å². The molecule has 1 aliphatic rings. The molecule has 2 rings (SSSR count). The zero-order valence-corrected chi connectivity index (χ0v) is 15.6. The van der Waals surface area contributed by atoms with Crippen molar-refractivity contribution in [2.75, 3.05) is 30.9 Å². The van der Waals surface area contributed by atoms with Crippen molar-refractivity contribution in [3.8, 4) is 0 Å². The fourth-order valence-electron chi connectivity index (χ4n) is 2.81. The number of thioether (sulfide) groups is 1. The highest BCUT2D eigenvalue weighted by molar-refractivity contribution is 7.98. The van der Waals surface area contributed by atoms with Crippen molar-refractivity contribution in [3.05, 3.63) is 10.6 Å². The Morgan fingerprint density at radius 2 is 2.27 bits per heavy atom. The average Bonchev–Trinajstić information content (AvgIpc) is 2.89. The molecule has 6 nitrogen and oxygen atoms in total. The zero-order valence-electron chi connectivity index (χ0n) is 13.1. The Morgan fingerprint density at radius 1 is 1.50 bits per heavy atom. The number of nitrogens with zero attached hydrogens (tertiary/aromatic N) is 3. The minimum Gasteiger partial charge on any atom is -0.304 e. The van der Waals surface area contributed by atoms with Crippen LogP contribution in [0.15, 0.2) is 0 Å². The van der Waals surface area contributed by atoms with Crippen molar-refractivity contribution in [3.63, 3.8) is 0 Å². The van der Waals surface area contributed by atoms with E-state index in [0.29, 0.717) is 17.9 Å². The summed E-state index contributed by atoms with van der Waals surface area (Å²) in [6.07, 6.45) is 4.95. The van der Waals surface area contributed by atoms with E-state index in [4.69, 9.17) is 12.2 Å². The summed E-state index contributed by atoms with van der Waals surface area (Å²) in [6.45, 7) is 3.66. The average molecular weight is 365 g/mol. The van der Waals surface area contributed by atoms with Crippen molar-refractivity contribution < 1.29 is 8.42 Å². The third-order valence-corrected chi connectivity index (χ3v) is 6.88. The lowest BCUT2D eigenvalue weighted by Gasteiger charge is -2.31. The number of hydrogen-bond acceptors (Lipinski definition) is 5. The van der Waals surface area contributed by atoms with E-state index >= 15 is 0 Å². The molecule has 1 aromatic heterocycles. The second-order valence-corrected chi connectivity index (χ2v) is 9.11. The third-order valence-electron chi connectivity index (χ3n) is 4.03. The van der Waals surface area contributed by atoms with Gasteiger partial charge in [-0.15, -0.1) is 0 Å². The molecule has 1 saturated heterocycles. The second-order valence-electron chi connectivity index (χ2n) is 5.48. The van der Waals surface area contributed by atoms with Crippen molar-refractivity contribution in [1.29, 1.82) is 0 Å². The van der Waals surface area contributed by atoms with Crippen molar-refractivity contribution >= 4 is 34.0 Å². The summed E-state index contributed by atoms with van der Waals surface area (Å²) in [5.74, 6) is 2.26. The number of aromatic nitrogens is 3. The molecule has 1 atom stereocenters. The normalized spacial score (nSPS) is 20.4. The largest absolute Gasteiger partial charge is 0.304 e. The molecule has 0 aliphatic carbocycles. The Morgan fingerprint density at radius 3 is 2.95 bits per heavy atom. The van der Waals surface area contributed by atoms with Crippen LogP contribution in [0.4, 0.5) is 0 Å². The maximum atomic E-state index is 12.1. The molecule has 0 bridgehead atoms. The van der Waals surface area contributed by atoms with Crippen molar-refractivity contribution in [2.45, 2.75) is 38.6 Å². The van der Waals surface area contributed by atoms with Gasteiger partial charge in [-0.25, -0.2) is 12.7 Å². The Balaban J connectivity index is 2.16. The van der Waals surface area contributed by atoms with E-state index in [0.717, 1.165) is 37.4 Å². The van der Waals surface area contributed by atoms with Crippen molar-refractivity contribution in [2.24, 2.45) is 0 Å². The van der Waals surface area contributed by atoms with Crippen LogP contribution in [0.2, 0.25) is 0 Å². The first kappa shape index (κ1) is 18.0. The SMILES string of the molecule is CCS(=O)(=O)N1CCC[C@H](c2n[nH]c(=S)n2CCCSC)C1. The van der Waals surface area contributed by atoms with Crippen LogP contribution < -0.4 is 0 Å². The predicted octanol–water partition coefficient (Wildman–Crippen LogP) is 2.22. The number of piperidine rings is 1. The van der Waals surface area contributed by atoms with E-state index < -0.39 is 10.0 Å². The number of rotatable bonds is 7. The van der Waals surface area contributed by atoms with Gasteiger partial charge in [0, 0.05) is 25.6 Å². The highest BCUT2D eigenvalue weighted by Crippen LogP contribution is 2.27. The van der Waals surface area contributed by atoms with Crippen LogP contribution in [-0.2, 0) is 16.6 Å². The Bertz CT molecular complexity index is 638. The summed E-state index contributed by atoms with van der Waals surface area (Å²) in [7, 11) is -3.13. The van der Waals surface area contributed by atoms with E-state index in [-0.39, 0.29) is 11.7 Å². The molecule has 0 amide bonds. The van der Waals surface area contributed by atoms with Crippen LogP contribution >= 0.6 is 24.0 Å². The fraction of sp³-hybridized carbons (Fsp3) is 0.846. The molecule has 126 valence electrons. The topological polar surface area (TPSA) is 71.0 Å². The number of H-pyrrole nitrogens is 1. The molecule has 2 heterocycles. The number of aromatic amines is 1. The van der Waals surface area contributed by atoms with E-state index in [1.807, 2.05) is 16.3 Å². The molecular weight excluding hydrogens is 340 g/mol. The maximum Gasteiger partial charge on any atom is 0.213 e. The van der Waals surface area contributed by atoms with Crippen LogP contribution in [0.1, 0.15) is 37.9 Å². The molecule has 0 saturated carbocycles. The first-order valence-electron chi connectivity index (χ1n) is 7.61. The zero-order chi connectivity index (χ0) is 16.2. The van der Waals surface area contributed by atoms with E-state index in [1.165, 1.54) is 0 Å². The minimum atomic E-state index is -3.13. The van der Waals surface area contributed by atoms with Crippen LogP contribution in [0.25, 0.3) is 0 Å². The van der Waals surface area contributed by atoms with Gasteiger partial charge < -0.3 is 4.57 Å². The second kappa shape index (κ2) is 7.94. The van der Waals surface area contributed by atoms with Crippen molar-refractivity contribution in [1.82, 2.24) is 19.1 Å². The first-order valence-corrected chi connectivity index (χ1v) is 11.0. The lowest BCUT2D eigenvalue weighted by atomic mass is 9.99. The van der Waals surface area contributed by atoms with Crippen LogP contribution in [-0.4, -0.2) is 58.3 Å². The lowest BCUT2D eigenvalue weighted by Crippen LogP contribution is -2.40. The highest BCUT2D eigenvalue weighted by Gasteiger charge is 2.30. The summed E-state index contributed by atoms with van der Waals surface area (Å²) >= 11 is 7.14. The van der Waals surface area contributed by atoms with E-state index in [1.54, 1.807) is 11.2 Å². The van der Waals surface area contributed by atoms with Gasteiger partial charge in [0.2, 0.25) is 10.0 Å². The molecule has 0 unspecified atom stereocenters. The molecule has 0 radical (unpaired) electrons. The summed E-state index contributed by atoms with van der Waals surface area (Å²) in [4.78, 5) is 0. The van der Waals surface area contributed by atoms with Gasteiger partial charge in [0.05, 0.1) is 5.75 Å². The van der Waals surface area contributed by atoms with Gasteiger partial charge in [-0.05, 0) is 50.4 Å². The molecule has 1 aromatic rings. The van der Waals surface area contributed by atoms with Crippen LogP contribution in [0.3, 0.4) is 0 Å². The summed E-state index contributed by atoms with van der Waals surface area (Å²) in [5.41, 5.74) is 0. The Kier molecular flexibility index (Phi) is 6.48. The fourth-order valence-corrected chi connectivity index (χ4v) is 4.64. The van der Waals surface area contributed by atoms with E-state index in [9.17, 15) is 8.42 Å². The Hall–Kier alpha value is -0.380. The third kappa shape index (κ3) is 4.12. The van der Waals surface area contributed by atoms with Gasteiger partial charge in [0.1, 0.15) is 5.82 Å². The smallest absolute Gasteiger partial charge is 0.213 e. The standard InChI is InChI=1S/C13H24N4O2S3/c1-3-22(18,19)16-7-4-6-11(10-16)12-14-15-13(20)17(12)8-5-9-21-2/h11H,3-10H2,1-2H3,(H,15,20)/t11-/m0/s1. The molecular formula is C13H24N4O2S3. The molecule has 1 fully saturated rings. The van der Waals surface area contributed by atoms with Crippen LogP contribution in [0, 0.1) is 4.77 Å². The summed E-state index contributed by atoms with van der Waals surface area (Å²) in [6, 6.07) is 0. The van der Waals surface area contributed by atoms with Gasteiger partial charge in [0.25, 0.3) is 0 Å².